The Bertz CT molecular complexity index is 943. The van der Waals surface area contributed by atoms with Crippen molar-refractivity contribution in [2.24, 2.45) is 0 Å². The zero-order valence-corrected chi connectivity index (χ0v) is 15.3. The number of benzene rings is 2. The summed E-state index contributed by atoms with van der Waals surface area (Å²) >= 11 is 2.77. The van der Waals surface area contributed by atoms with E-state index in [1.807, 2.05) is 78.2 Å². The van der Waals surface area contributed by atoms with Gasteiger partial charge in [-0.25, -0.2) is 0 Å². The molecule has 2 aromatic carbocycles. The highest BCUT2D eigenvalue weighted by Crippen LogP contribution is 2.28. The Morgan fingerprint density at radius 1 is 0.885 bits per heavy atom. The zero-order chi connectivity index (χ0) is 17.8. The van der Waals surface area contributed by atoms with Crippen molar-refractivity contribution in [2.75, 3.05) is 5.32 Å². The molecule has 0 aliphatic carbocycles. The number of hydrogen-bond donors (Lipinski definition) is 1. The molecule has 0 saturated heterocycles. The lowest BCUT2D eigenvalue weighted by atomic mass is 9.90. The second-order valence-electron chi connectivity index (χ2n) is 5.64. The van der Waals surface area contributed by atoms with Gasteiger partial charge in [0.1, 0.15) is 0 Å². The monoisotopic (exact) mass is 377 g/mol. The van der Waals surface area contributed by atoms with Crippen LogP contribution in [0.3, 0.4) is 0 Å². The highest BCUT2D eigenvalue weighted by molar-refractivity contribution is 7.14. The van der Waals surface area contributed by atoms with Crippen LogP contribution in [0.15, 0.2) is 78.2 Å². The van der Waals surface area contributed by atoms with Gasteiger partial charge in [0.2, 0.25) is 11.0 Å². The van der Waals surface area contributed by atoms with E-state index >= 15 is 0 Å². The number of thiophene rings is 1. The Balaban J connectivity index is 1.61. The van der Waals surface area contributed by atoms with Crippen molar-refractivity contribution in [3.8, 4) is 10.7 Å². The van der Waals surface area contributed by atoms with E-state index in [1.54, 1.807) is 11.3 Å². The molecule has 0 aliphatic heterocycles. The molecule has 0 atom stereocenters. The van der Waals surface area contributed by atoms with Crippen molar-refractivity contribution in [1.82, 2.24) is 9.36 Å². The third-order valence-electron chi connectivity index (χ3n) is 3.93. The first-order valence-electron chi connectivity index (χ1n) is 8.09. The summed E-state index contributed by atoms with van der Waals surface area (Å²) < 4.78 is 4.34. The fraction of sp³-hybridized carbons (Fsp3) is 0.0500. The van der Waals surface area contributed by atoms with Crippen molar-refractivity contribution in [3.63, 3.8) is 0 Å². The van der Waals surface area contributed by atoms with E-state index in [0.29, 0.717) is 11.0 Å². The Morgan fingerprint density at radius 2 is 1.54 bits per heavy atom. The number of nitrogens with zero attached hydrogens (tertiary/aromatic N) is 2. The predicted molar refractivity (Wildman–Crippen MR) is 107 cm³/mol. The standard InChI is InChI=1S/C20H15N3OS2/c24-19(22-20-21-18(23-26-20)16-12-7-13-25-16)17(14-8-3-1-4-9-14)15-10-5-2-6-11-15/h1-13,17H,(H,21,22,23,24). The normalized spacial score (nSPS) is 10.8. The summed E-state index contributed by atoms with van der Waals surface area (Å²) in [5.41, 5.74) is 1.89. The molecule has 4 rings (SSSR count). The molecule has 128 valence electrons. The van der Waals surface area contributed by atoms with Crippen molar-refractivity contribution < 1.29 is 4.79 Å². The van der Waals surface area contributed by atoms with Gasteiger partial charge in [-0.15, -0.1) is 11.3 Å². The maximum absolute atomic E-state index is 13.0. The van der Waals surface area contributed by atoms with Crippen molar-refractivity contribution in [3.05, 3.63) is 89.3 Å². The van der Waals surface area contributed by atoms with E-state index in [2.05, 4.69) is 14.7 Å². The van der Waals surface area contributed by atoms with Gasteiger partial charge in [0.05, 0.1) is 10.8 Å². The summed E-state index contributed by atoms with van der Waals surface area (Å²) in [6.45, 7) is 0. The van der Waals surface area contributed by atoms with Crippen LogP contribution >= 0.6 is 22.9 Å². The fourth-order valence-electron chi connectivity index (χ4n) is 2.74. The van der Waals surface area contributed by atoms with Crippen LogP contribution in [0.25, 0.3) is 10.7 Å². The van der Waals surface area contributed by atoms with Gasteiger partial charge in [0.25, 0.3) is 0 Å². The minimum Gasteiger partial charge on any atom is -0.300 e. The van der Waals surface area contributed by atoms with Crippen LogP contribution in [0.2, 0.25) is 0 Å². The molecule has 4 aromatic rings. The largest absolute Gasteiger partial charge is 0.300 e. The van der Waals surface area contributed by atoms with E-state index in [0.717, 1.165) is 16.0 Å². The molecule has 0 unspecified atom stereocenters. The number of carbonyl (C=O) groups excluding carboxylic acids is 1. The molecule has 0 bridgehead atoms. The lowest BCUT2D eigenvalue weighted by Gasteiger charge is -2.16. The quantitative estimate of drug-likeness (QED) is 0.530. The molecule has 0 radical (unpaired) electrons. The third-order valence-corrected chi connectivity index (χ3v) is 5.42. The molecule has 0 fully saturated rings. The number of nitrogens with one attached hydrogen (secondary N) is 1. The Kier molecular flexibility index (Phi) is 4.86. The summed E-state index contributed by atoms with van der Waals surface area (Å²) in [4.78, 5) is 18.5. The van der Waals surface area contributed by atoms with E-state index < -0.39 is 5.92 Å². The van der Waals surface area contributed by atoms with Crippen molar-refractivity contribution in [1.29, 1.82) is 0 Å². The number of rotatable bonds is 5. The number of aromatic nitrogens is 2. The Labute approximate surface area is 159 Å². The third kappa shape index (κ3) is 3.56. The summed E-state index contributed by atoms with van der Waals surface area (Å²) in [7, 11) is 0. The summed E-state index contributed by atoms with van der Waals surface area (Å²) in [5, 5.41) is 5.42. The molecule has 0 spiro atoms. The minimum absolute atomic E-state index is 0.115. The van der Waals surface area contributed by atoms with Crippen LogP contribution in [0.4, 0.5) is 5.13 Å². The van der Waals surface area contributed by atoms with E-state index in [-0.39, 0.29) is 5.91 Å². The van der Waals surface area contributed by atoms with Crippen molar-refractivity contribution >= 4 is 33.9 Å². The molecular formula is C20H15N3OS2. The Morgan fingerprint density at radius 3 is 2.12 bits per heavy atom. The summed E-state index contributed by atoms with van der Waals surface area (Å²) in [6.07, 6.45) is 0. The molecule has 0 aliphatic rings. The van der Waals surface area contributed by atoms with Crippen LogP contribution < -0.4 is 5.32 Å². The molecule has 0 saturated carbocycles. The number of hydrogen-bond acceptors (Lipinski definition) is 5. The average Bonchev–Trinajstić information content (AvgIpc) is 3.35. The zero-order valence-electron chi connectivity index (χ0n) is 13.7. The van der Waals surface area contributed by atoms with Crippen LogP contribution in [-0.4, -0.2) is 15.3 Å². The second-order valence-corrected chi connectivity index (χ2v) is 7.34. The van der Waals surface area contributed by atoms with E-state index in [1.165, 1.54) is 11.5 Å². The number of anilines is 1. The van der Waals surface area contributed by atoms with Gasteiger partial charge in [-0.2, -0.15) is 9.36 Å². The second kappa shape index (κ2) is 7.59. The molecule has 1 N–H and O–H groups in total. The van der Waals surface area contributed by atoms with Crippen LogP contribution in [-0.2, 0) is 4.79 Å². The molecule has 6 heteroatoms. The SMILES string of the molecule is O=C(Nc1nc(-c2cccs2)ns1)C(c1ccccc1)c1ccccc1. The first-order chi connectivity index (χ1) is 12.8. The molecule has 1 amide bonds. The minimum atomic E-state index is -0.397. The van der Waals surface area contributed by atoms with Crippen LogP contribution in [0.1, 0.15) is 17.0 Å². The molecule has 2 heterocycles. The number of amides is 1. The predicted octanol–water partition coefficient (Wildman–Crippen LogP) is 5.04. The lowest BCUT2D eigenvalue weighted by molar-refractivity contribution is -0.116. The first-order valence-corrected chi connectivity index (χ1v) is 9.75. The van der Waals surface area contributed by atoms with Crippen molar-refractivity contribution in [2.45, 2.75) is 5.92 Å². The molecular weight excluding hydrogens is 362 g/mol. The van der Waals surface area contributed by atoms with Crippen LogP contribution in [0, 0.1) is 0 Å². The topological polar surface area (TPSA) is 54.9 Å². The average molecular weight is 377 g/mol. The maximum Gasteiger partial charge on any atom is 0.238 e. The Hall–Kier alpha value is -2.83. The molecule has 26 heavy (non-hydrogen) atoms. The highest BCUT2D eigenvalue weighted by Gasteiger charge is 2.23. The van der Waals surface area contributed by atoms with Gasteiger partial charge in [-0.05, 0) is 22.6 Å². The van der Waals surface area contributed by atoms with Gasteiger partial charge >= 0.3 is 0 Å². The first kappa shape index (κ1) is 16.6. The lowest BCUT2D eigenvalue weighted by Crippen LogP contribution is -2.22. The van der Waals surface area contributed by atoms with Gasteiger partial charge in [-0.1, -0.05) is 66.7 Å². The van der Waals surface area contributed by atoms with Gasteiger partial charge in [0, 0.05) is 11.5 Å². The maximum atomic E-state index is 13.0. The smallest absolute Gasteiger partial charge is 0.238 e. The highest BCUT2D eigenvalue weighted by atomic mass is 32.1. The summed E-state index contributed by atoms with van der Waals surface area (Å²) in [6, 6.07) is 23.5. The molecule has 2 aromatic heterocycles. The van der Waals surface area contributed by atoms with Gasteiger partial charge < -0.3 is 0 Å². The fourth-order valence-corrected chi connectivity index (χ4v) is 4.04. The molecule has 4 nitrogen and oxygen atoms in total. The van der Waals surface area contributed by atoms with E-state index in [9.17, 15) is 4.79 Å². The number of carbonyl (C=O) groups is 1. The van der Waals surface area contributed by atoms with Gasteiger partial charge in [-0.3, -0.25) is 10.1 Å². The summed E-state index contributed by atoms with van der Waals surface area (Å²) in [5.74, 6) is 0.138. The van der Waals surface area contributed by atoms with Crippen LogP contribution in [0.5, 0.6) is 0 Å². The van der Waals surface area contributed by atoms with E-state index in [4.69, 9.17) is 0 Å². The van der Waals surface area contributed by atoms with Gasteiger partial charge in [0.15, 0.2) is 5.82 Å².